The Hall–Kier alpha value is -1.57. The Balaban J connectivity index is 1.73. The van der Waals surface area contributed by atoms with Crippen LogP contribution in [0.4, 0.5) is 0 Å². The topological polar surface area (TPSA) is 56.5 Å². The van der Waals surface area contributed by atoms with Crippen LogP contribution in [0.25, 0.3) is 0 Å². The Morgan fingerprint density at radius 1 is 1.45 bits per heavy atom. The number of benzene rings is 1. The molecular weight excluding hydrogens is 252 g/mol. The van der Waals surface area contributed by atoms with Gasteiger partial charge in [0.25, 0.3) is 0 Å². The highest BCUT2D eigenvalue weighted by atomic mass is 16.5. The van der Waals surface area contributed by atoms with Gasteiger partial charge in [0.2, 0.25) is 0 Å². The average Bonchev–Trinajstić information content (AvgIpc) is 2.43. The van der Waals surface area contributed by atoms with Gasteiger partial charge in [-0.05, 0) is 44.9 Å². The van der Waals surface area contributed by atoms with Crippen molar-refractivity contribution in [2.75, 3.05) is 26.2 Å². The Kier molecular flexibility index (Phi) is 4.99. The molecule has 20 heavy (non-hydrogen) atoms. The summed E-state index contributed by atoms with van der Waals surface area (Å²) < 4.78 is 5.66. The van der Waals surface area contributed by atoms with Gasteiger partial charge in [-0.3, -0.25) is 0 Å². The zero-order chi connectivity index (χ0) is 14.4. The lowest BCUT2D eigenvalue weighted by Crippen LogP contribution is -2.46. The summed E-state index contributed by atoms with van der Waals surface area (Å²) in [5, 5.41) is 19.0. The van der Waals surface area contributed by atoms with Crippen molar-refractivity contribution in [2.24, 2.45) is 0 Å². The van der Waals surface area contributed by atoms with Gasteiger partial charge in [-0.1, -0.05) is 12.1 Å². The van der Waals surface area contributed by atoms with Gasteiger partial charge in [0.05, 0.1) is 17.8 Å². The lowest BCUT2D eigenvalue weighted by molar-refractivity contribution is -0.0165. The summed E-state index contributed by atoms with van der Waals surface area (Å²) in [6, 6.07) is 9.42. The summed E-state index contributed by atoms with van der Waals surface area (Å²) in [6.45, 7) is 5.20. The van der Waals surface area contributed by atoms with Crippen molar-refractivity contribution in [2.45, 2.75) is 31.8 Å². The number of β-amino-alcohol motifs (C(OH)–C–C–N with tert-alkyl or cyclic N) is 1. The van der Waals surface area contributed by atoms with Crippen molar-refractivity contribution in [3.63, 3.8) is 0 Å². The summed E-state index contributed by atoms with van der Waals surface area (Å²) in [5.41, 5.74) is 0.0281. The molecular formula is C16H22N2O2. The Morgan fingerprint density at radius 3 is 3.00 bits per heavy atom. The molecule has 0 aromatic heterocycles. The van der Waals surface area contributed by atoms with Crippen LogP contribution in [0.5, 0.6) is 5.75 Å². The van der Waals surface area contributed by atoms with Gasteiger partial charge in [-0.2, -0.15) is 5.26 Å². The predicted molar refractivity (Wildman–Crippen MR) is 77.6 cm³/mol. The second kappa shape index (κ2) is 6.74. The fourth-order valence-corrected chi connectivity index (χ4v) is 2.67. The quantitative estimate of drug-likeness (QED) is 0.836. The van der Waals surface area contributed by atoms with Crippen LogP contribution in [0.15, 0.2) is 24.3 Å². The van der Waals surface area contributed by atoms with Crippen LogP contribution < -0.4 is 4.74 Å². The molecule has 0 radical (unpaired) electrons. The van der Waals surface area contributed by atoms with Crippen molar-refractivity contribution in [1.82, 2.24) is 4.90 Å². The lowest BCUT2D eigenvalue weighted by atomic mass is 9.95. The van der Waals surface area contributed by atoms with Gasteiger partial charge in [0.1, 0.15) is 11.8 Å². The van der Waals surface area contributed by atoms with E-state index in [4.69, 9.17) is 10.00 Å². The normalized spacial score (nSPS) is 23.2. The number of likely N-dealkylation sites (tertiary alicyclic amines) is 1. The van der Waals surface area contributed by atoms with E-state index in [1.54, 1.807) is 6.07 Å². The predicted octanol–water partition coefficient (Wildman–Crippen LogP) is 2.17. The number of hydrogen-bond donors (Lipinski definition) is 1. The van der Waals surface area contributed by atoms with Gasteiger partial charge in [0.15, 0.2) is 0 Å². The number of hydrogen-bond acceptors (Lipinski definition) is 4. The first kappa shape index (κ1) is 14.8. The largest absolute Gasteiger partial charge is 0.492 e. The molecule has 1 aliphatic heterocycles. The summed E-state index contributed by atoms with van der Waals surface area (Å²) in [6.07, 6.45) is 2.83. The molecule has 4 nitrogen and oxygen atoms in total. The maximum Gasteiger partial charge on any atom is 0.137 e. The van der Waals surface area contributed by atoms with Gasteiger partial charge >= 0.3 is 0 Å². The average molecular weight is 274 g/mol. The van der Waals surface area contributed by atoms with E-state index < -0.39 is 5.60 Å². The van der Waals surface area contributed by atoms with Crippen LogP contribution in [-0.2, 0) is 0 Å². The van der Waals surface area contributed by atoms with Crippen LogP contribution in [0, 0.1) is 11.3 Å². The second-order valence-electron chi connectivity index (χ2n) is 5.69. The molecule has 108 valence electrons. The Bertz CT molecular complexity index is 480. The number of aliphatic hydroxyl groups is 1. The highest BCUT2D eigenvalue weighted by Crippen LogP contribution is 2.20. The first-order valence-corrected chi connectivity index (χ1v) is 7.17. The van der Waals surface area contributed by atoms with Crippen molar-refractivity contribution in [3.05, 3.63) is 29.8 Å². The van der Waals surface area contributed by atoms with Crippen LogP contribution in [0.2, 0.25) is 0 Å². The van der Waals surface area contributed by atoms with Crippen LogP contribution in [0.3, 0.4) is 0 Å². The summed E-state index contributed by atoms with van der Waals surface area (Å²) in [5.74, 6) is 0.653. The molecule has 1 fully saturated rings. The van der Waals surface area contributed by atoms with Gasteiger partial charge in [-0.25, -0.2) is 0 Å². The van der Waals surface area contributed by atoms with E-state index in [-0.39, 0.29) is 0 Å². The minimum Gasteiger partial charge on any atom is -0.492 e. The number of ether oxygens (including phenoxy) is 1. The van der Waals surface area contributed by atoms with Crippen molar-refractivity contribution >= 4 is 0 Å². The highest BCUT2D eigenvalue weighted by molar-refractivity contribution is 5.42. The van der Waals surface area contributed by atoms with Crippen LogP contribution in [0.1, 0.15) is 31.7 Å². The number of nitriles is 1. The summed E-state index contributed by atoms with van der Waals surface area (Å²) >= 11 is 0. The summed E-state index contributed by atoms with van der Waals surface area (Å²) in [7, 11) is 0. The molecule has 0 aliphatic carbocycles. The number of para-hydroxylation sites is 1. The fourth-order valence-electron chi connectivity index (χ4n) is 2.67. The smallest absolute Gasteiger partial charge is 0.137 e. The molecule has 1 saturated heterocycles. The minimum absolute atomic E-state index is 0.549. The van der Waals surface area contributed by atoms with E-state index >= 15 is 0 Å². The van der Waals surface area contributed by atoms with Crippen molar-refractivity contribution in [1.29, 1.82) is 5.26 Å². The number of piperidine rings is 1. The Labute approximate surface area is 120 Å². The van der Waals surface area contributed by atoms with E-state index in [1.165, 1.54) is 0 Å². The molecule has 0 bridgehead atoms. The molecule has 1 heterocycles. The second-order valence-corrected chi connectivity index (χ2v) is 5.69. The molecule has 1 atom stereocenters. The van der Waals surface area contributed by atoms with Crippen LogP contribution >= 0.6 is 0 Å². The van der Waals surface area contributed by atoms with E-state index in [2.05, 4.69) is 11.0 Å². The molecule has 0 saturated carbocycles. The third-order valence-corrected chi connectivity index (χ3v) is 3.64. The zero-order valence-corrected chi connectivity index (χ0v) is 12.0. The highest BCUT2D eigenvalue weighted by Gasteiger charge is 2.27. The monoisotopic (exact) mass is 274 g/mol. The van der Waals surface area contributed by atoms with Crippen molar-refractivity contribution < 1.29 is 9.84 Å². The van der Waals surface area contributed by atoms with Crippen molar-refractivity contribution in [3.8, 4) is 11.8 Å². The standard InChI is InChI=1S/C16H22N2O2/c1-16(19)8-4-9-18(13-16)10-5-11-20-15-7-3-2-6-14(15)12-17/h2-3,6-7,19H,4-5,8-11,13H2,1H3. The maximum atomic E-state index is 10.0. The van der Waals surface area contributed by atoms with E-state index in [0.717, 1.165) is 38.9 Å². The third-order valence-electron chi connectivity index (χ3n) is 3.64. The minimum atomic E-state index is -0.549. The first-order valence-electron chi connectivity index (χ1n) is 7.17. The lowest BCUT2D eigenvalue weighted by Gasteiger charge is -2.36. The molecule has 1 aromatic carbocycles. The number of nitrogens with zero attached hydrogens (tertiary/aromatic N) is 2. The number of rotatable bonds is 5. The first-order chi connectivity index (χ1) is 9.61. The molecule has 1 unspecified atom stereocenters. The maximum absolute atomic E-state index is 10.0. The van der Waals surface area contributed by atoms with E-state index in [9.17, 15) is 5.11 Å². The molecule has 0 spiro atoms. The SMILES string of the molecule is CC1(O)CCCN(CCCOc2ccccc2C#N)C1. The fraction of sp³-hybridized carbons (Fsp3) is 0.562. The van der Waals surface area contributed by atoms with Gasteiger partial charge < -0.3 is 14.7 Å². The summed E-state index contributed by atoms with van der Waals surface area (Å²) in [4.78, 5) is 2.28. The van der Waals surface area contributed by atoms with Gasteiger partial charge in [0, 0.05) is 13.1 Å². The van der Waals surface area contributed by atoms with E-state index in [1.807, 2.05) is 25.1 Å². The van der Waals surface area contributed by atoms with Crippen LogP contribution in [-0.4, -0.2) is 41.8 Å². The molecule has 4 heteroatoms. The molecule has 1 N–H and O–H groups in total. The zero-order valence-electron chi connectivity index (χ0n) is 12.0. The Morgan fingerprint density at radius 2 is 2.25 bits per heavy atom. The molecule has 1 aromatic rings. The van der Waals surface area contributed by atoms with E-state index in [0.29, 0.717) is 17.9 Å². The van der Waals surface area contributed by atoms with Gasteiger partial charge in [-0.15, -0.1) is 0 Å². The third kappa shape index (κ3) is 4.22. The molecule has 1 aliphatic rings. The molecule has 0 amide bonds. The molecule has 2 rings (SSSR count).